The van der Waals surface area contributed by atoms with Gasteiger partial charge in [0.25, 0.3) is 0 Å². The Kier molecular flexibility index (Phi) is 6.08. The van der Waals surface area contributed by atoms with Gasteiger partial charge >= 0.3 is 11.6 Å². The number of hydrogen-bond donors (Lipinski definition) is 0. The van der Waals surface area contributed by atoms with E-state index in [4.69, 9.17) is 25.5 Å². The van der Waals surface area contributed by atoms with Crippen LogP contribution < -0.4 is 10.4 Å². The molecule has 0 aliphatic heterocycles. The van der Waals surface area contributed by atoms with Crippen LogP contribution in [0.2, 0.25) is 5.02 Å². The fraction of sp³-hybridized carbons (Fsp3) is 0.200. The van der Waals surface area contributed by atoms with Crippen LogP contribution in [0.3, 0.4) is 0 Å². The normalized spacial score (nSPS) is 12.0. The summed E-state index contributed by atoms with van der Waals surface area (Å²) in [6, 6.07) is 13.7. The summed E-state index contributed by atoms with van der Waals surface area (Å²) in [5.41, 5.74) is 0.461. The molecule has 140 valence electrons. The summed E-state index contributed by atoms with van der Waals surface area (Å²) in [7, 11) is 1.53. The summed E-state index contributed by atoms with van der Waals surface area (Å²) in [4.78, 5) is 25.0. The molecule has 5 nitrogen and oxygen atoms in total. The van der Waals surface area contributed by atoms with Crippen LogP contribution in [-0.2, 0) is 16.1 Å². The van der Waals surface area contributed by atoms with E-state index < -0.39 is 10.9 Å². The highest BCUT2D eigenvalue weighted by molar-refractivity contribution is 8.00. The molecule has 3 rings (SSSR count). The van der Waals surface area contributed by atoms with Gasteiger partial charge in [0, 0.05) is 33.0 Å². The van der Waals surface area contributed by atoms with Gasteiger partial charge in [-0.05, 0) is 43.3 Å². The molecule has 0 N–H and O–H groups in total. The number of fused-ring (bicyclic) bond motifs is 1. The first-order chi connectivity index (χ1) is 13.0. The smallest absolute Gasteiger partial charge is 0.336 e. The Morgan fingerprint density at radius 2 is 1.93 bits per heavy atom. The summed E-state index contributed by atoms with van der Waals surface area (Å²) in [6.45, 7) is 1.75. The van der Waals surface area contributed by atoms with Crippen LogP contribution in [0.25, 0.3) is 11.0 Å². The predicted octanol–water partition coefficient (Wildman–Crippen LogP) is 4.68. The average molecular weight is 405 g/mol. The Bertz CT molecular complexity index is 1010. The lowest BCUT2D eigenvalue weighted by molar-refractivity contribution is -0.143. The number of carbonyl (C=O) groups is 1. The maximum absolute atomic E-state index is 12.3. The van der Waals surface area contributed by atoms with Crippen molar-refractivity contribution in [2.75, 3.05) is 7.11 Å². The Morgan fingerprint density at radius 3 is 2.63 bits per heavy atom. The molecule has 0 fully saturated rings. The molecule has 0 aliphatic carbocycles. The van der Waals surface area contributed by atoms with E-state index in [-0.39, 0.29) is 12.6 Å². The van der Waals surface area contributed by atoms with E-state index in [0.717, 1.165) is 4.90 Å². The molecule has 7 heteroatoms. The van der Waals surface area contributed by atoms with E-state index in [2.05, 4.69) is 0 Å². The fourth-order valence-corrected chi connectivity index (χ4v) is 3.48. The highest BCUT2D eigenvalue weighted by Crippen LogP contribution is 2.26. The molecule has 0 radical (unpaired) electrons. The molecular formula is C20H17ClO5S. The van der Waals surface area contributed by atoms with Gasteiger partial charge in [-0.1, -0.05) is 11.6 Å². The third-order valence-corrected chi connectivity index (χ3v) is 5.21. The highest BCUT2D eigenvalue weighted by Gasteiger charge is 2.17. The Labute approximate surface area is 165 Å². The van der Waals surface area contributed by atoms with Crippen LogP contribution in [0, 0.1) is 0 Å². The first kappa shape index (κ1) is 19.3. The van der Waals surface area contributed by atoms with Crippen molar-refractivity contribution in [1.29, 1.82) is 0 Å². The topological polar surface area (TPSA) is 65.7 Å². The van der Waals surface area contributed by atoms with Crippen molar-refractivity contribution in [1.82, 2.24) is 0 Å². The number of hydrogen-bond acceptors (Lipinski definition) is 6. The lowest BCUT2D eigenvalue weighted by Crippen LogP contribution is -2.17. The molecule has 3 aromatic rings. The standard InChI is InChI=1S/C20H17ClO5S/c1-12(27-16-6-3-14(21)4-7-16)20(23)25-11-13-9-19(22)26-18-10-15(24-2)5-8-17(13)18/h3-10,12H,11H2,1-2H3/t12-/m1/s1. The van der Waals surface area contributed by atoms with Gasteiger partial charge in [0.05, 0.1) is 7.11 Å². The monoisotopic (exact) mass is 404 g/mol. The molecular weight excluding hydrogens is 388 g/mol. The summed E-state index contributed by atoms with van der Waals surface area (Å²) in [6.07, 6.45) is 0. The second-order valence-electron chi connectivity index (χ2n) is 5.77. The van der Waals surface area contributed by atoms with E-state index in [9.17, 15) is 9.59 Å². The van der Waals surface area contributed by atoms with Crippen molar-refractivity contribution in [2.24, 2.45) is 0 Å². The van der Waals surface area contributed by atoms with E-state index in [0.29, 0.717) is 27.3 Å². The quantitative estimate of drug-likeness (QED) is 0.337. The first-order valence-electron chi connectivity index (χ1n) is 8.16. The van der Waals surface area contributed by atoms with Crippen molar-refractivity contribution in [2.45, 2.75) is 23.7 Å². The lowest BCUT2D eigenvalue weighted by atomic mass is 10.1. The maximum atomic E-state index is 12.3. The summed E-state index contributed by atoms with van der Waals surface area (Å²) < 4.78 is 15.7. The third kappa shape index (κ3) is 4.84. The zero-order valence-corrected chi connectivity index (χ0v) is 16.3. The number of methoxy groups -OCH3 is 1. The Hall–Kier alpha value is -2.44. The van der Waals surface area contributed by atoms with Gasteiger partial charge in [-0.2, -0.15) is 0 Å². The molecule has 0 saturated carbocycles. The Morgan fingerprint density at radius 1 is 1.19 bits per heavy atom. The zero-order chi connectivity index (χ0) is 19.4. The van der Waals surface area contributed by atoms with E-state index in [1.807, 2.05) is 12.1 Å². The fourth-order valence-electron chi connectivity index (χ4n) is 2.49. The van der Waals surface area contributed by atoms with Gasteiger partial charge in [0.2, 0.25) is 0 Å². The van der Waals surface area contributed by atoms with E-state index >= 15 is 0 Å². The maximum Gasteiger partial charge on any atom is 0.336 e. The molecule has 0 spiro atoms. The van der Waals surface area contributed by atoms with Crippen molar-refractivity contribution in [3.63, 3.8) is 0 Å². The summed E-state index contributed by atoms with van der Waals surface area (Å²) in [5.74, 6) is 0.206. The molecule has 0 aliphatic rings. The summed E-state index contributed by atoms with van der Waals surface area (Å²) >= 11 is 7.24. The minimum absolute atomic E-state index is 0.0151. The number of rotatable bonds is 6. The van der Waals surface area contributed by atoms with Gasteiger partial charge < -0.3 is 13.9 Å². The molecule has 0 unspecified atom stereocenters. The number of halogens is 1. The molecule has 1 aromatic heterocycles. The van der Waals surface area contributed by atoms with Gasteiger partial charge in [-0.25, -0.2) is 4.79 Å². The minimum atomic E-state index is -0.509. The van der Waals surface area contributed by atoms with Gasteiger partial charge in [-0.3, -0.25) is 4.79 Å². The number of esters is 1. The van der Waals surface area contributed by atoms with Crippen molar-refractivity contribution in [3.05, 3.63) is 69.5 Å². The Balaban J connectivity index is 1.71. The van der Waals surface area contributed by atoms with E-state index in [1.165, 1.54) is 24.9 Å². The highest BCUT2D eigenvalue weighted by atomic mass is 35.5. The molecule has 0 bridgehead atoms. The molecule has 0 saturated heterocycles. The van der Waals surface area contributed by atoms with Crippen LogP contribution in [0.15, 0.2) is 62.6 Å². The van der Waals surface area contributed by atoms with Gasteiger partial charge in [-0.15, -0.1) is 11.8 Å². The van der Waals surface area contributed by atoms with Crippen LogP contribution in [0.1, 0.15) is 12.5 Å². The van der Waals surface area contributed by atoms with Crippen molar-refractivity contribution >= 4 is 40.3 Å². The van der Waals surface area contributed by atoms with Gasteiger partial charge in [0.1, 0.15) is 23.2 Å². The number of ether oxygens (including phenoxy) is 2. The van der Waals surface area contributed by atoms with Gasteiger partial charge in [0.15, 0.2) is 0 Å². The zero-order valence-electron chi connectivity index (χ0n) is 14.7. The van der Waals surface area contributed by atoms with E-state index in [1.54, 1.807) is 37.3 Å². The van der Waals surface area contributed by atoms with Crippen molar-refractivity contribution < 1.29 is 18.7 Å². The number of thioether (sulfide) groups is 1. The molecule has 2 aromatic carbocycles. The first-order valence-corrected chi connectivity index (χ1v) is 9.41. The second-order valence-corrected chi connectivity index (χ2v) is 7.63. The SMILES string of the molecule is COc1ccc2c(COC(=O)[C@@H](C)Sc3ccc(Cl)cc3)cc(=O)oc2c1. The number of carbonyl (C=O) groups excluding carboxylic acids is 1. The molecule has 1 atom stereocenters. The lowest BCUT2D eigenvalue weighted by Gasteiger charge is -2.12. The minimum Gasteiger partial charge on any atom is -0.497 e. The average Bonchev–Trinajstić information content (AvgIpc) is 2.66. The van der Waals surface area contributed by atoms with Crippen LogP contribution >= 0.6 is 23.4 Å². The van der Waals surface area contributed by atoms with Crippen LogP contribution in [0.5, 0.6) is 5.75 Å². The van der Waals surface area contributed by atoms with Crippen molar-refractivity contribution in [3.8, 4) is 5.75 Å². The number of benzene rings is 2. The second kappa shape index (κ2) is 8.50. The molecule has 27 heavy (non-hydrogen) atoms. The van der Waals surface area contributed by atoms with Crippen LogP contribution in [-0.4, -0.2) is 18.3 Å². The molecule has 1 heterocycles. The largest absolute Gasteiger partial charge is 0.497 e. The van der Waals surface area contributed by atoms with Crippen LogP contribution in [0.4, 0.5) is 0 Å². The predicted molar refractivity (Wildman–Crippen MR) is 106 cm³/mol. The third-order valence-electron chi connectivity index (χ3n) is 3.87. The molecule has 0 amide bonds. The summed E-state index contributed by atoms with van der Waals surface area (Å²) in [5, 5.41) is 0.930.